The third-order valence-corrected chi connectivity index (χ3v) is 4.37. The number of rotatable bonds is 0. The van der Waals surface area contributed by atoms with E-state index in [1.807, 2.05) is 4.90 Å². The van der Waals surface area contributed by atoms with Gasteiger partial charge < -0.3 is 9.80 Å². The van der Waals surface area contributed by atoms with Crippen LogP contribution in [0.2, 0.25) is 0 Å². The number of hydrogen-bond acceptors (Lipinski definition) is 1. The molecule has 3 nitrogen and oxygen atoms in total. The SMILES string of the molecule is O=C(N1CCCC1)N1C[C@H]2CCC[C@H]2C1. The van der Waals surface area contributed by atoms with Crippen LogP contribution < -0.4 is 0 Å². The number of hydrogen-bond donors (Lipinski definition) is 0. The Morgan fingerprint density at radius 1 is 0.867 bits per heavy atom. The van der Waals surface area contributed by atoms with Crippen LogP contribution in [0.25, 0.3) is 0 Å². The van der Waals surface area contributed by atoms with Gasteiger partial charge >= 0.3 is 6.03 Å². The number of likely N-dealkylation sites (tertiary alicyclic amines) is 2. The zero-order valence-corrected chi connectivity index (χ0v) is 9.32. The minimum atomic E-state index is 0.321. The van der Waals surface area contributed by atoms with Crippen molar-refractivity contribution < 1.29 is 4.79 Å². The van der Waals surface area contributed by atoms with E-state index in [9.17, 15) is 4.79 Å². The molecule has 1 saturated carbocycles. The van der Waals surface area contributed by atoms with E-state index in [1.54, 1.807) is 0 Å². The van der Waals surface area contributed by atoms with Crippen LogP contribution >= 0.6 is 0 Å². The van der Waals surface area contributed by atoms with Crippen molar-refractivity contribution in [3.05, 3.63) is 0 Å². The van der Waals surface area contributed by atoms with Gasteiger partial charge in [0, 0.05) is 26.2 Å². The molecule has 2 heterocycles. The van der Waals surface area contributed by atoms with Gasteiger partial charge in [-0.05, 0) is 37.5 Å². The first-order valence-electron chi connectivity index (χ1n) is 6.38. The molecule has 0 N–H and O–H groups in total. The first kappa shape index (κ1) is 9.49. The fourth-order valence-corrected chi connectivity index (χ4v) is 3.50. The topological polar surface area (TPSA) is 23.6 Å². The second-order valence-corrected chi connectivity index (χ2v) is 5.33. The number of urea groups is 1. The quantitative estimate of drug-likeness (QED) is 0.596. The fourth-order valence-electron chi connectivity index (χ4n) is 3.50. The number of nitrogens with zero attached hydrogens (tertiary/aromatic N) is 2. The first-order valence-corrected chi connectivity index (χ1v) is 6.38. The highest BCUT2D eigenvalue weighted by atomic mass is 16.2. The van der Waals surface area contributed by atoms with Crippen molar-refractivity contribution in [2.24, 2.45) is 11.8 Å². The van der Waals surface area contributed by atoms with Crippen LogP contribution in [0.3, 0.4) is 0 Å². The highest BCUT2D eigenvalue weighted by molar-refractivity contribution is 5.75. The van der Waals surface area contributed by atoms with Crippen LogP contribution in [-0.4, -0.2) is 42.0 Å². The molecule has 0 aromatic rings. The van der Waals surface area contributed by atoms with Crippen LogP contribution in [0.5, 0.6) is 0 Å². The van der Waals surface area contributed by atoms with Crippen LogP contribution in [0.15, 0.2) is 0 Å². The number of carbonyl (C=O) groups excluding carboxylic acids is 1. The first-order chi connectivity index (χ1) is 7.34. The molecule has 0 aromatic heterocycles. The predicted octanol–water partition coefficient (Wildman–Crippen LogP) is 1.93. The summed E-state index contributed by atoms with van der Waals surface area (Å²) in [6.45, 7) is 4.06. The lowest BCUT2D eigenvalue weighted by Gasteiger charge is -2.24. The summed E-state index contributed by atoms with van der Waals surface area (Å²) in [6, 6.07) is 0.321. The van der Waals surface area contributed by atoms with Gasteiger partial charge in [0.1, 0.15) is 0 Å². The van der Waals surface area contributed by atoms with Gasteiger partial charge in [0.15, 0.2) is 0 Å². The van der Waals surface area contributed by atoms with Crippen LogP contribution in [0.1, 0.15) is 32.1 Å². The van der Waals surface area contributed by atoms with E-state index in [2.05, 4.69) is 4.90 Å². The van der Waals surface area contributed by atoms with Crippen LogP contribution in [0, 0.1) is 11.8 Å². The molecule has 3 aliphatic rings. The summed E-state index contributed by atoms with van der Waals surface area (Å²) in [5, 5.41) is 0. The number of fused-ring (bicyclic) bond motifs is 1. The van der Waals surface area contributed by atoms with Crippen molar-refractivity contribution in [2.75, 3.05) is 26.2 Å². The summed E-state index contributed by atoms with van der Waals surface area (Å²) in [6.07, 6.45) is 6.50. The second kappa shape index (κ2) is 3.69. The molecule has 2 aliphatic heterocycles. The maximum Gasteiger partial charge on any atom is 0.320 e. The largest absolute Gasteiger partial charge is 0.325 e. The average molecular weight is 208 g/mol. The Bertz CT molecular complexity index is 248. The van der Waals surface area contributed by atoms with Crippen molar-refractivity contribution in [1.82, 2.24) is 9.80 Å². The predicted molar refractivity (Wildman–Crippen MR) is 58.6 cm³/mol. The Morgan fingerprint density at radius 3 is 2.07 bits per heavy atom. The van der Waals surface area contributed by atoms with Crippen LogP contribution in [-0.2, 0) is 0 Å². The lowest BCUT2D eigenvalue weighted by atomic mass is 10.0. The number of amides is 2. The van der Waals surface area contributed by atoms with Gasteiger partial charge in [0.05, 0.1) is 0 Å². The molecule has 3 fully saturated rings. The maximum atomic E-state index is 12.1. The third-order valence-electron chi connectivity index (χ3n) is 4.37. The van der Waals surface area contributed by atoms with Gasteiger partial charge in [-0.3, -0.25) is 0 Å². The summed E-state index contributed by atoms with van der Waals surface area (Å²) in [7, 11) is 0. The molecule has 2 amide bonds. The Kier molecular flexibility index (Phi) is 2.33. The number of carbonyl (C=O) groups is 1. The molecule has 0 spiro atoms. The van der Waals surface area contributed by atoms with Crippen molar-refractivity contribution >= 4 is 6.03 Å². The van der Waals surface area contributed by atoms with E-state index < -0.39 is 0 Å². The molecular formula is C12H20N2O. The minimum absolute atomic E-state index is 0.321. The minimum Gasteiger partial charge on any atom is -0.325 e. The Hall–Kier alpha value is -0.730. The molecule has 3 heteroatoms. The van der Waals surface area contributed by atoms with E-state index in [-0.39, 0.29) is 0 Å². The average Bonchev–Trinajstić information content (AvgIpc) is 2.92. The highest BCUT2D eigenvalue weighted by Gasteiger charge is 2.39. The molecule has 0 bridgehead atoms. The van der Waals surface area contributed by atoms with E-state index in [0.717, 1.165) is 38.0 Å². The van der Waals surface area contributed by atoms with Crippen LogP contribution in [0.4, 0.5) is 4.79 Å². The zero-order chi connectivity index (χ0) is 10.3. The summed E-state index contributed by atoms with van der Waals surface area (Å²) in [5.74, 6) is 1.66. The molecule has 0 radical (unpaired) electrons. The monoisotopic (exact) mass is 208 g/mol. The van der Waals surface area contributed by atoms with Crippen molar-refractivity contribution in [1.29, 1.82) is 0 Å². The van der Waals surface area contributed by atoms with Crippen molar-refractivity contribution in [3.8, 4) is 0 Å². The molecule has 3 rings (SSSR count). The van der Waals surface area contributed by atoms with E-state index >= 15 is 0 Å². The maximum absolute atomic E-state index is 12.1. The molecule has 2 saturated heterocycles. The van der Waals surface area contributed by atoms with Crippen molar-refractivity contribution in [3.63, 3.8) is 0 Å². The van der Waals surface area contributed by atoms with E-state index in [1.165, 1.54) is 32.1 Å². The zero-order valence-electron chi connectivity index (χ0n) is 9.32. The van der Waals surface area contributed by atoms with Crippen molar-refractivity contribution in [2.45, 2.75) is 32.1 Å². The molecule has 15 heavy (non-hydrogen) atoms. The van der Waals surface area contributed by atoms with Gasteiger partial charge in [0.2, 0.25) is 0 Å². The summed E-state index contributed by atoms with van der Waals surface area (Å²) >= 11 is 0. The normalized spacial score (nSPS) is 34.9. The Balaban J connectivity index is 1.61. The molecule has 2 atom stereocenters. The van der Waals surface area contributed by atoms with E-state index in [0.29, 0.717) is 6.03 Å². The fraction of sp³-hybridized carbons (Fsp3) is 0.917. The summed E-state index contributed by atoms with van der Waals surface area (Å²) in [4.78, 5) is 16.3. The smallest absolute Gasteiger partial charge is 0.320 e. The Labute approximate surface area is 91.4 Å². The van der Waals surface area contributed by atoms with Gasteiger partial charge in [0.25, 0.3) is 0 Å². The standard InChI is InChI=1S/C12H20N2O/c15-12(13-6-1-2-7-13)14-8-10-4-3-5-11(10)9-14/h10-11H,1-9H2/t10-,11+. The third kappa shape index (κ3) is 1.62. The second-order valence-electron chi connectivity index (χ2n) is 5.33. The molecule has 0 unspecified atom stereocenters. The van der Waals surface area contributed by atoms with E-state index in [4.69, 9.17) is 0 Å². The molecule has 84 valence electrons. The summed E-state index contributed by atoms with van der Waals surface area (Å²) < 4.78 is 0. The highest BCUT2D eigenvalue weighted by Crippen LogP contribution is 2.38. The lowest BCUT2D eigenvalue weighted by Crippen LogP contribution is -2.40. The van der Waals surface area contributed by atoms with Gasteiger partial charge in [-0.1, -0.05) is 6.42 Å². The van der Waals surface area contributed by atoms with Gasteiger partial charge in [-0.25, -0.2) is 4.79 Å². The molecular weight excluding hydrogens is 188 g/mol. The Morgan fingerprint density at radius 2 is 1.47 bits per heavy atom. The van der Waals surface area contributed by atoms with Gasteiger partial charge in [-0.15, -0.1) is 0 Å². The molecule has 0 aromatic carbocycles. The molecule has 1 aliphatic carbocycles. The lowest BCUT2D eigenvalue weighted by molar-refractivity contribution is 0.169. The summed E-state index contributed by atoms with van der Waals surface area (Å²) in [5.41, 5.74) is 0. The van der Waals surface area contributed by atoms with Gasteiger partial charge in [-0.2, -0.15) is 0 Å².